The van der Waals surface area contributed by atoms with Crippen LogP contribution in [0.15, 0.2) is 35.1 Å². The Labute approximate surface area is 145 Å². The molecular formula is C19H19NO5. The van der Waals surface area contributed by atoms with E-state index in [1.54, 1.807) is 24.7 Å². The van der Waals surface area contributed by atoms with Gasteiger partial charge < -0.3 is 23.7 Å². The van der Waals surface area contributed by atoms with Gasteiger partial charge in [0.15, 0.2) is 17.3 Å². The third kappa shape index (κ3) is 2.39. The summed E-state index contributed by atoms with van der Waals surface area (Å²) >= 11 is 0. The van der Waals surface area contributed by atoms with Crippen LogP contribution < -0.4 is 4.74 Å². The van der Waals surface area contributed by atoms with Crippen LogP contribution in [0.2, 0.25) is 0 Å². The average molecular weight is 341 g/mol. The predicted octanol–water partition coefficient (Wildman–Crippen LogP) is 2.99. The number of ether oxygens (including phenoxy) is 3. The lowest BCUT2D eigenvalue weighted by Crippen LogP contribution is -2.40. The van der Waals surface area contributed by atoms with Crippen molar-refractivity contribution in [2.24, 2.45) is 0 Å². The fraction of sp³-hybridized carbons (Fsp3) is 0.421. The Hall–Kier alpha value is -2.49. The highest BCUT2D eigenvalue weighted by Gasteiger charge is 2.48. The van der Waals surface area contributed by atoms with Crippen LogP contribution in [0.5, 0.6) is 11.5 Å². The molecule has 1 unspecified atom stereocenters. The molecule has 1 aromatic heterocycles. The lowest BCUT2D eigenvalue weighted by molar-refractivity contribution is -0.173. The quantitative estimate of drug-likeness (QED) is 0.900. The molecule has 0 spiro atoms. The highest BCUT2D eigenvalue weighted by molar-refractivity contribution is 5.58. The minimum Gasteiger partial charge on any atom is -0.504 e. The van der Waals surface area contributed by atoms with Crippen LogP contribution in [0.1, 0.15) is 29.5 Å². The van der Waals surface area contributed by atoms with Gasteiger partial charge in [0.05, 0.1) is 44.3 Å². The third-order valence-corrected chi connectivity index (χ3v) is 5.22. The normalized spacial score (nSPS) is 23.5. The predicted molar refractivity (Wildman–Crippen MR) is 87.2 cm³/mol. The van der Waals surface area contributed by atoms with Crippen LogP contribution in [0.3, 0.4) is 0 Å². The monoisotopic (exact) mass is 341 g/mol. The molecule has 25 heavy (non-hydrogen) atoms. The van der Waals surface area contributed by atoms with Gasteiger partial charge in [0.1, 0.15) is 0 Å². The van der Waals surface area contributed by atoms with Crippen molar-refractivity contribution in [2.45, 2.75) is 30.5 Å². The lowest BCUT2D eigenvalue weighted by Gasteiger charge is -2.40. The molecule has 0 radical (unpaired) electrons. The van der Waals surface area contributed by atoms with E-state index in [-0.39, 0.29) is 5.75 Å². The molecule has 1 atom stereocenters. The molecule has 1 N–H and O–H groups in total. The van der Waals surface area contributed by atoms with Gasteiger partial charge in [0.2, 0.25) is 0 Å². The second kappa shape index (κ2) is 5.80. The van der Waals surface area contributed by atoms with Gasteiger partial charge in [-0.1, -0.05) is 0 Å². The van der Waals surface area contributed by atoms with Crippen molar-refractivity contribution in [3.8, 4) is 17.6 Å². The first-order valence-corrected chi connectivity index (χ1v) is 8.25. The topological polar surface area (TPSA) is 84.9 Å². The molecule has 1 fully saturated rings. The van der Waals surface area contributed by atoms with Gasteiger partial charge in [0, 0.05) is 12.0 Å². The van der Waals surface area contributed by atoms with Crippen LogP contribution in [0.4, 0.5) is 0 Å². The van der Waals surface area contributed by atoms with Crippen LogP contribution in [-0.4, -0.2) is 25.4 Å². The zero-order valence-electron chi connectivity index (χ0n) is 13.9. The van der Waals surface area contributed by atoms with E-state index in [1.165, 1.54) is 7.11 Å². The van der Waals surface area contributed by atoms with Gasteiger partial charge in [-0.05, 0) is 42.2 Å². The van der Waals surface area contributed by atoms with Gasteiger partial charge in [-0.25, -0.2) is 0 Å². The number of methoxy groups -OCH3 is 1. The first-order chi connectivity index (χ1) is 12.1. The minimum atomic E-state index is -0.860. The molecule has 1 saturated heterocycles. The first-order valence-electron chi connectivity index (χ1n) is 8.25. The van der Waals surface area contributed by atoms with Crippen LogP contribution in [-0.2, 0) is 27.1 Å². The molecule has 2 heterocycles. The fourth-order valence-corrected chi connectivity index (χ4v) is 3.83. The Morgan fingerprint density at radius 3 is 2.72 bits per heavy atom. The van der Waals surface area contributed by atoms with Crippen LogP contribution in [0, 0.1) is 11.3 Å². The largest absolute Gasteiger partial charge is 0.504 e. The van der Waals surface area contributed by atoms with Crippen molar-refractivity contribution in [2.75, 3.05) is 20.3 Å². The van der Waals surface area contributed by atoms with E-state index < -0.39 is 11.2 Å². The molecule has 1 aliphatic heterocycles. The second-order valence-electron chi connectivity index (χ2n) is 6.51. The highest BCUT2D eigenvalue weighted by Crippen LogP contribution is 2.50. The van der Waals surface area contributed by atoms with Crippen molar-refractivity contribution in [1.29, 1.82) is 5.26 Å². The highest BCUT2D eigenvalue weighted by atomic mass is 16.7. The van der Waals surface area contributed by atoms with E-state index >= 15 is 0 Å². The van der Waals surface area contributed by atoms with Crippen molar-refractivity contribution < 1.29 is 23.7 Å². The van der Waals surface area contributed by atoms with Gasteiger partial charge in [0.25, 0.3) is 0 Å². The van der Waals surface area contributed by atoms with Gasteiger partial charge in [-0.15, -0.1) is 0 Å². The molecule has 2 aromatic rings. The number of nitriles is 1. The standard InChI is InChI=1S/C19H19NO5/c1-22-17-8-13-10-18(12-20,15(13)9-16(17)21)3-4-19(24-6-7-25-19)14-2-5-23-11-14/h2,5,8-9,11,21H,3-4,6-7,10H2,1H3. The number of hydrogen-bond donors (Lipinski definition) is 1. The Balaban J connectivity index is 1.60. The Kier molecular flexibility index (Phi) is 3.71. The number of rotatable bonds is 5. The van der Waals surface area contributed by atoms with Crippen molar-refractivity contribution in [3.05, 3.63) is 47.4 Å². The molecule has 6 nitrogen and oxygen atoms in total. The molecule has 130 valence electrons. The summed E-state index contributed by atoms with van der Waals surface area (Å²) in [6.07, 6.45) is 4.93. The van der Waals surface area contributed by atoms with Crippen molar-refractivity contribution in [1.82, 2.24) is 0 Å². The number of benzene rings is 1. The van der Waals surface area contributed by atoms with E-state index in [0.717, 1.165) is 16.7 Å². The van der Waals surface area contributed by atoms with Crippen LogP contribution >= 0.6 is 0 Å². The summed E-state index contributed by atoms with van der Waals surface area (Å²) in [6, 6.07) is 7.71. The molecule has 6 heteroatoms. The maximum absolute atomic E-state index is 10.1. The summed E-state index contributed by atoms with van der Waals surface area (Å²) in [6.45, 7) is 1.03. The van der Waals surface area contributed by atoms with E-state index in [0.29, 0.717) is 38.2 Å². The Morgan fingerprint density at radius 1 is 1.28 bits per heavy atom. The lowest BCUT2D eigenvalue weighted by atomic mass is 9.62. The number of phenolic OH excluding ortho intramolecular Hbond substituents is 1. The van der Waals surface area contributed by atoms with Gasteiger partial charge in [-0.3, -0.25) is 0 Å². The molecular weight excluding hydrogens is 322 g/mol. The molecule has 1 aromatic carbocycles. The number of aromatic hydroxyl groups is 1. The molecule has 1 aliphatic carbocycles. The number of hydrogen-bond acceptors (Lipinski definition) is 6. The number of nitrogens with zero attached hydrogens (tertiary/aromatic N) is 1. The fourth-order valence-electron chi connectivity index (χ4n) is 3.83. The number of fused-ring (bicyclic) bond motifs is 1. The SMILES string of the molecule is COc1cc2c(cc1O)C(C#N)(CCC1(c3ccoc3)OCCO1)C2. The summed E-state index contributed by atoms with van der Waals surface area (Å²) in [5.74, 6) is -0.373. The molecule has 2 aliphatic rings. The second-order valence-corrected chi connectivity index (χ2v) is 6.51. The molecule has 0 saturated carbocycles. The molecule has 0 amide bonds. The van der Waals surface area contributed by atoms with E-state index in [9.17, 15) is 10.4 Å². The maximum Gasteiger partial charge on any atom is 0.198 e. The van der Waals surface area contributed by atoms with E-state index in [4.69, 9.17) is 18.6 Å². The van der Waals surface area contributed by atoms with Crippen molar-refractivity contribution >= 4 is 0 Å². The zero-order chi connectivity index (χ0) is 17.5. The summed E-state index contributed by atoms with van der Waals surface area (Å²) in [7, 11) is 1.51. The zero-order valence-corrected chi connectivity index (χ0v) is 13.9. The number of phenols is 1. The molecule has 0 bridgehead atoms. The summed E-state index contributed by atoms with van der Waals surface area (Å²) < 4.78 is 22.1. The summed E-state index contributed by atoms with van der Waals surface area (Å²) in [4.78, 5) is 0. The van der Waals surface area contributed by atoms with E-state index in [2.05, 4.69) is 6.07 Å². The molecule has 4 rings (SSSR count). The maximum atomic E-state index is 10.1. The van der Waals surface area contributed by atoms with E-state index in [1.807, 2.05) is 6.07 Å². The average Bonchev–Trinajstić information content (AvgIpc) is 3.30. The minimum absolute atomic E-state index is 0.0542. The smallest absolute Gasteiger partial charge is 0.198 e. The van der Waals surface area contributed by atoms with Gasteiger partial charge >= 0.3 is 0 Å². The summed E-state index contributed by atoms with van der Waals surface area (Å²) in [5.41, 5.74) is 2.07. The van der Waals surface area contributed by atoms with Gasteiger partial charge in [-0.2, -0.15) is 5.26 Å². The number of furan rings is 1. The van der Waals surface area contributed by atoms with Crippen molar-refractivity contribution in [3.63, 3.8) is 0 Å². The first kappa shape index (κ1) is 16.0. The van der Waals surface area contributed by atoms with Crippen LogP contribution in [0.25, 0.3) is 0 Å². The third-order valence-electron chi connectivity index (χ3n) is 5.22. The Bertz CT molecular complexity index is 817. The Morgan fingerprint density at radius 2 is 2.08 bits per heavy atom. The summed E-state index contributed by atoms with van der Waals surface area (Å²) in [5, 5.41) is 19.9.